The molecule has 2 rings (SSSR count). The van der Waals surface area contributed by atoms with E-state index in [0.717, 1.165) is 32.0 Å². The van der Waals surface area contributed by atoms with Gasteiger partial charge in [-0.15, -0.1) is 0 Å². The summed E-state index contributed by atoms with van der Waals surface area (Å²) in [5, 5.41) is 2.25. The SMILES string of the molecule is Fc1ccc(COC2CC[NH2+]CC2)c(F)c1. The van der Waals surface area contributed by atoms with Gasteiger partial charge in [-0.1, -0.05) is 6.07 Å². The smallest absolute Gasteiger partial charge is 0.131 e. The summed E-state index contributed by atoms with van der Waals surface area (Å²) in [5.41, 5.74) is 0.427. The summed E-state index contributed by atoms with van der Waals surface area (Å²) in [5.74, 6) is -1.07. The highest BCUT2D eigenvalue weighted by Gasteiger charge is 2.16. The van der Waals surface area contributed by atoms with E-state index < -0.39 is 11.6 Å². The van der Waals surface area contributed by atoms with Crippen molar-refractivity contribution in [2.75, 3.05) is 13.1 Å². The highest BCUT2D eigenvalue weighted by molar-refractivity contribution is 5.17. The fourth-order valence-electron chi connectivity index (χ4n) is 1.91. The van der Waals surface area contributed by atoms with Crippen LogP contribution in [0.5, 0.6) is 0 Å². The quantitative estimate of drug-likeness (QED) is 0.826. The first-order valence-corrected chi connectivity index (χ1v) is 5.63. The number of hydrogen-bond donors (Lipinski definition) is 1. The van der Waals surface area contributed by atoms with E-state index in [0.29, 0.717) is 5.56 Å². The van der Waals surface area contributed by atoms with Crippen molar-refractivity contribution >= 4 is 0 Å². The average molecular weight is 228 g/mol. The maximum absolute atomic E-state index is 13.3. The monoisotopic (exact) mass is 228 g/mol. The molecule has 0 aliphatic carbocycles. The lowest BCUT2D eigenvalue weighted by Gasteiger charge is -2.20. The molecule has 0 bridgehead atoms. The predicted molar refractivity (Wildman–Crippen MR) is 55.8 cm³/mol. The Bertz CT molecular complexity index is 351. The summed E-state index contributed by atoms with van der Waals surface area (Å²) >= 11 is 0. The van der Waals surface area contributed by atoms with E-state index >= 15 is 0 Å². The lowest BCUT2D eigenvalue weighted by Crippen LogP contribution is -2.86. The van der Waals surface area contributed by atoms with E-state index in [-0.39, 0.29) is 12.7 Å². The van der Waals surface area contributed by atoms with Gasteiger partial charge in [-0.2, -0.15) is 0 Å². The zero-order valence-electron chi connectivity index (χ0n) is 9.09. The number of ether oxygens (including phenoxy) is 1. The van der Waals surface area contributed by atoms with Gasteiger partial charge in [0.2, 0.25) is 0 Å². The van der Waals surface area contributed by atoms with E-state index in [4.69, 9.17) is 4.74 Å². The summed E-state index contributed by atoms with van der Waals surface area (Å²) < 4.78 is 31.5. The fourth-order valence-corrected chi connectivity index (χ4v) is 1.91. The minimum Gasteiger partial charge on any atom is -0.373 e. The zero-order chi connectivity index (χ0) is 11.4. The second-order valence-corrected chi connectivity index (χ2v) is 4.11. The summed E-state index contributed by atoms with van der Waals surface area (Å²) in [7, 11) is 0. The van der Waals surface area contributed by atoms with Crippen LogP contribution in [0.4, 0.5) is 8.78 Å². The first kappa shape index (κ1) is 11.5. The molecule has 0 saturated carbocycles. The Labute approximate surface area is 93.6 Å². The molecule has 1 heterocycles. The topological polar surface area (TPSA) is 25.8 Å². The van der Waals surface area contributed by atoms with Crippen LogP contribution in [0.15, 0.2) is 18.2 Å². The van der Waals surface area contributed by atoms with Gasteiger partial charge in [0, 0.05) is 24.5 Å². The van der Waals surface area contributed by atoms with Gasteiger partial charge in [-0.05, 0) is 6.07 Å². The highest BCUT2D eigenvalue weighted by Crippen LogP contribution is 2.13. The molecule has 0 aromatic heterocycles. The van der Waals surface area contributed by atoms with E-state index in [1.165, 1.54) is 12.1 Å². The molecule has 1 saturated heterocycles. The number of rotatable bonds is 3. The van der Waals surface area contributed by atoms with Crippen molar-refractivity contribution in [1.82, 2.24) is 0 Å². The van der Waals surface area contributed by atoms with Crippen LogP contribution in [0, 0.1) is 11.6 Å². The van der Waals surface area contributed by atoms with Crippen LogP contribution in [0.1, 0.15) is 18.4 Å². The third-order valence-corrected chi connectivity index (χ3v) is 2.88. The van der Waals surface area contributed by atoms with Crippen LogP contribution in [0.25, 0.3) is 0 Å². The summed E-state index contributed by atoms with van der Waals surface area (Å²) in [6, 6.07) is 3.60. The van der Waals surface area contributed by atoms with Gasteiger partial charge >= 0.3 is 0 Å². The number of piperidine rings is 1. The zero-order valence-corrected chi connectivity index (χ0v) is 9.09. The molecule has 1 aromatic rings. The highest BCUT2D eigenvalue weighted by atomic mass is 19.1. The average Bonchev–Trinajstić information content (AvgIpc) is 2.29. The molecule has 1 aliphatic rings. The van der Waals surface area contributed by atoms with Crippen molar-refractivity contribution in [3.63, 3.8) is 0 Å². The largest absolute Gasteiger partial charge is 0.373 e. The first-order valence-electron chi connectivity index (χ1n) is 5.63. The number of quaternary nitrogens is 1. The predicted octanol–water partition coefficient (Wildman–Crippen LogP) is 1.21. The van der Waals surface area contributed by atoms with Crippen molar-refractivity contribution in [2.45, 2.75) is 25.6 Å². The Hall–Kier alpha value is -1.00. The van der Waals surface area contributed by atoms with Crippen LogP contribution in [-0.2, 0) is 11.3 Å². The minimum absolute atomic E-state index is 0.217. The van der Waals surface area contributed by atoms with Gasteiger partial charge in [0.1, 0.15) is 11.6 Å². The van der Waals surface area contributed by atoms with Gasteiger partial charge < -0.3 is 10.1 Å². The first-order chi connectivity index (χ1) is 7.75. The molecule has 0 unspecified atom stereocenters. The lowest BCUT2D eigenvalue weighted by molar-refractivity contribution is -0.665. The maximum Gasteiger partial charge on any atom is 0.131 e. The normalized spacial score (nSPS) is 17.6. The molecule has 1 fully saturated rings. The van der Waals surface area contributed by atoms with Crippen molar-refractivity contribution in [2.24, 2.45) is 0 Å². The second-order valence-electron chi connectivity index (χ2n) is 4.11. The maximum atomic E-state index is 13.3. The van der Waals surface area contributed by atoms with Crippen LogP contribution in [0.3, 0.4) is 0 Å². The molecule has 16 heavy (non-hydrogen) atoms. The van der Waals surface area contributed by atoms with Gasteiger partial charge in [0.15, 0.2) is 0 Å². The van der Waals surface area contributed by atoms with E-state index in [9.17, 15) is 8.78 Å². The molecule has 0 spiro atoms. The molecule has 0 amide bonds. The summed E-state index contributed by atoms with van der Waals surface area (Å²) in [4.78, 5) is 0. The minimum atomic E-state index is -0.548. The Morgan fingerprint density at radius 2 is 2.00 bits per heavy atom. The van der Waals surface area contributed by atoms with Gasteiger partial charge in [-0.3, -0.25) is 0 Å². The van der Waals surface area contributed by atoms with E-state index in [2.05, 4.69) is 5.32 Å². The van der Waals surface area contributed by atoms with Gasteiger partial charge in [-0.25, -0.2) is 8.78 Å². The summed E-state index contributed by atoms with van der Waals surface area (Å²) in [6.07, 6.45) is 2.22. The molecule has 88 valence electrons. The van der Waals surface area contributed by atoms with Crippen molar-refractivity contribution < 1.29 is 18.8 Å². The van der Waals surface area contributed by atoms with Gasteiger partial charge in [0.25, 0.3) is 0 Å². The fraction of sp³-hybridized carbons (Fsp3) is 0.500. The molecule has 4 heteroatoms. The summed E-state index contributed by atoms with van der Waals surface area (Å²) in [6.45, 7) is 2.36. The van der Waals surface area contributed by atoms with E-state index in [1.54, 1.807) is 0 Å². The van der Waals surface area contributed by atoms with Crippen molar-refractivity contribution in [1.29, 1.82) is 0 Å². The van der Waals surface area contributed by atoms with Crippen LogP contribution in [0.2, 0.25) is 0 Å². The Kier molecular flexibility index (Phi) is 3.85. The number of halogens is 2. The van der Waals surface area contributed by atoms with Crippen LogP contribution >= 0.6 is 0 Å². The molecule has 2 nitrogen and oxygen atoms in total. The Morgan fingerprint density at radius 1 is 1.25 bits per heavy atom. The molecule has 1 aromatic carbocycles. The van der Waals surface area contributed by atoms with Crippen LogP contribution in [-0.4, -0.2) is 19.2 Å². The van der Waals surface area contributed by atoms with Crippen LogP contribution < -0.4 is 5.32 Å². The van der Waals surface area contributed by atoms with Gasteiger partial charge in [0.05, 0.1) is 25.8 Å². The second kappa shape index (κ2) is 5.37. The molecular weight excluding hydrogens is 212 g/mol. The van der Waals surface area contributed by atoms with Crippen molar-refractivity contribution in [3.05, 3.63) is 35.4 Å². The molecular formula is C12H16F2NO+. The molecule has 0 atom stereocenters. The van der Waals surface area contributed by atoms with Crippen molar-refractivity contribution in [3.8, 4) is 0 Å². The Balaban J connectivity index is 1.88. The number of hydrogen-bond acceptors (Lipinski definition) is 1. The molecule has 0 radical (unpaired) electrons. The number of nitrogens with two attached hydrogens (primary N) is 1. The Morgan fingerprint density at radius 3 is 2.69 bits per heavy atom. The molecule has 2 N–H and O–H groups in total. The third-order valence-electron chi connectivity index (χ3n) is 2.88. The number of benzene rings is 1. The third kappa shape index (κ3) is 3.00. The lowest BCUT2D eigenvalue weighted by atomic mass is 10.1. The van der Waals surface area contributed by atoms with E-state index in [1.807, 2.05) is 0 Å². The molecule has 1 aliphatic heterocycles. The standard InChI is InChI=1S/C12H15F2NO/c13-10-2-1-9(12(14)7-10)8-16-11-3-5-15-6-4-11/h1-2,7,11,15H,3-6,8H2/p+1.